The van der Waals surface area contributed by atoms with Gasteiger partial charge in [0.15, 0.2) is 0 Å². The summed E-state index contributed by atoms with van der Waals surface area (Å²) in [6.07, 6.45) is 0. The summed E-state index contributed by atoms with van der Waals surface area (Å²) in [4.78, 5) is 9.14. The number of fused-ring (bicyclic) bond motifs is 1. The largest absolute Gasteiger partial charge is 0.438 e. The molecule has 3 aromatic carbocycles. The van der Waals surface area contributed by atoms with E-state index < -0.39 is 0 Å². The number of aromatic nitrogens is 2. The lowest BCUT2D eigenvalue weighted by molar-refractivity contribution is 0.465. The van der Waals surface area contributed by atoms with Crippen LogP contribution in [-0.2, 0) is 0 Å². The van der Waals surface area contributed by atoms with E-state index in [4.69, 9.17) is 10.00 Å². The molecule has 4 rings (SSSR count). The zero-order chi connectivity index (χ0) is 18.6. The fraction of sp³-hybridized carbons (Fsp3) is 0.0455. The predicted molar refractivity (Wildman–Crippen MR) is 105 cm³/mol. The number of aryl methyl sites for hydroxylation is 1. The Bertz CT molecular complexity index is 1150. The highest BCUT2D eigenvalue weighted by atomic mass is 16.5. The number of benzene rings is 3. The van der Waals surface area contributed by atoms with Crippen LogP contribution in [0.2, 0.25) is 0 Å². The third-order valence-electron chi connectivity index (χ3n) is 4.14. The molecule has 0 radical (unpaired) electrons. The predicted octanol–water partition coefficient (Wildman–Crippen LogP) is 5.35. The van der Waals surface area contributed by atoms with Gasteiger partial charge in [0.25, 0.3) is 0 Å². The van der Waals surface area contributed by atoms with Gasteiger partial charge in [0.1, 0.15) is 5.75 Å². The average molecular weight is 352 g/mol. The molecular formula is C22H16N4O. The number of para-hydroxylation sites is 2. The van der Waals surface area contributed by atoms with Crippen LogP contribution in [0.4, 0.5) is 11.6 Å². The minimum Gasteiger partial charge on any atom is -0.438 e. The van der Waals surface area contributed by atoms with Crippen LogP contribution in [0, 0.1) is 18.3 Å². The average Bonchev–Trinajstić information content (AvgIpc) is 2.70. The van der Waals surface area contributed by atoms with Gasteiger partial charge in [-0.1, -0.05) is 30.3 Å². The monoisotopic (exact) mass is 352 g/mol. The molecule has 0 aliphatic rings. The Morgan fingerprint density at radius 1 is 0.889 bits per heavy atom. The second-order valence-corrected chi connectivity index (χ2v) is 6.05. The van der Waals surface area contributed by atoms with Crippen LogP contribution in [0.15, 0.2) is 72.8 Å². The number of hydrogen-bond acceptors (Lipinski definition) is 5. The number of anilines is 2. The molecule has 0 aliphatic heterocycles. The summed E-state index contributed by atoms with van der Waals surface area (Å²) in [7, 11) is 0. The van der Waals surface area contributed by atoms with Crippen molar-refractivity contribution >= 4 is 22.5 Å². The van der Waals surface area contributed by atoms with E-state index in [0.717, 1.165) is 27.9 Å². The van der Waals surface area contributed by atoms with Gasteiger partial charge in [0.05, 0.1) is 22.5 Å². The van der Waals surface area contributed by atoms with Gasteiger partial charge in [-0.05, 0) is 55.0 Å². The Kier molecular flexibility index (Phi) is 4.38. The van der Waals surface area contributed by atoms with E-state index in [1.165, 1.54) is 0 Å². The molecule has 5 nitrogen and oxygen atoms in total. The summed E-state index contributed by atoms with van der Waals surface area (Å²) in [6, 6.07) is 24.8. The van der Waals surface area contributed by atoms with E-state index in [1.54, 1.807) is 12.1 Å². The van der Waals surface area contributed by atoms with Crippen LogP contribution in [0.5, 0.6) is 11.6 Å². The lowest BCUT2D eigenvalue weighted by Gasteiger charge is -2.12. The second kappa shape index (κ2) is 7.14. The van der Waals surface area contributed by atoms with Gasteiger partial charge < -0.3 is 10.1 Å². The number of nitriles is 1. The Morgan fingerprint density at radius 2 is 1.63 bits per heavy atom. The van der Waals surface area contributed by atoms with Gasteiger partial charge >= 0.3 is 0 Å². The third kappa shape index (κ3) is 3.55. The summed E-state index contributed by atoms with van der Waals surface area (Å²) in [5, 5.41) is 12.9. The minimum atomic E-state index is 0.432. The fourth-order valence-electron chi connectivity index (χ4n) is 2.71. The molecule has 1 aromatic heterocycles. The number of nitrogens with one attached hydrogen (secondary N) is 1. The number of nitrogens with zero attached hydrogens (tertiary/aromatic N) is 3. The lowest BCUT2D eigenvalue weighted by Crippen LogP contribution is -2.00. The summed E-state index contributed by atoms with van der Waals surface area (Å²) in [5.41, 5.74) is 3.21. The fourth-order valence-corrected chi connectivity index (χ4v) is 2.71. The molecule has 130 valence electrons. The highest BCUT2D eigenvalue weighted by Gasteiger charge is 2.11. The lowest BCUT2D eigenvalue weighted by atomic mass is 10.2. The van der Waals surface area contributed by atoms with Crippen molar-refractivity contribution in [3.05, 3.63) is 83.9 Å². The van der Waals surface area contributed by atoms with E-state index in [0.29, 0.717) is 17.4 Å². The molecule has 0 fully saturated rings. The Hall–Kier alpha value is -3.91. The van der Waals surface area contributed by atoms with Crippen LogP contribution < -0.4 is 10.1 Å². The van der Waals surface area contributed by atoms with Crippen molar-refractivity contribution in [2.24, 2.45) is 0 Å². The zero-order valence-corrected chi connectivity index (χ0v) is 14.7. The molecule has 0 saturated carbocycles. The number of hydrogen-bond donors (Lipinski definition) is 1. The van der Waals surface area contributed by atoms with E-state index in [9.17, 15) is 0 Å². The molecule has 1 heterocycles. The molecule has 0 saturated heterocycles. The van der Waals surface area contributed by atoms with E-state index in [1.807, 2.05) is 67.6 Å². The summed E-state index contributed by atoms with van der Waals surface area (Å²) in [6.45, 7) is 1.99. The van der Waals surface area contributed by atoms with Crippen molar-refractivity contribution < 1.29 is 4.74 Å². The van der Waals surface area contributed by atoms with Crippen molar-refractivity contribution in [3.63, 3.8) is 0 Å². The number of ether oxygens (including phenoxy) is 1. The first-order chi connectivity index (χ1) is 13.2. The highest BCUT2D eigenvalue weighted by molar-refractivity contribution is 5.85. The van der Waals surface area contributed by atoms with Crippen LogP contribution in [-0.4, -0.2) is 9.97 Å². The molecule has 4 aromatic rings. The molecule has 0 atom stereocenters. The van der Waals surface area contributed by atoms with Gasteiger partial charge in [-0.15, -0.1) is 0 Å². The van der Waals surface area contributed by atoms with Crippen LogP contribution in [0.3, 0.4) is 0 Å². The normalized spacial score (nSPS) is 10.4. The molecule has 1 N–H and O–H groups in total. The first kappa shape index (κ1) is 16.6. The summed E-state index contributed by atoms with van der Waals surface area (Å²) >= 11 is 0. The summed E-state index contributed by atoms with van der Waals surface area (Å²) in [5.74, 6) is 1.68. The van der Waals surface area contributed by atoms with Crippen LogP contribution >= 0.6 is 0 Å². The molecule has 0 bridgehead atoms. The van der Waals surface area contributed by atoms with Crippen molar-refractivity contribution in [3.8, 4) is 17.7 Å². The van der Waals surface area contributed by atoms with Crippen molar-refractivity contribution in [1.29, 1.82) is 5.26 Å². The summed E-state index contributed by atoms with van der Waals surface area (Å²) < 4.78 is 6.10. The van der Waals surface area contributed by atoms with Gasteiger partial charge in [-0.3, -0.25) is 0 Å². The van der Waals surface area contributed by atoms with Gasteiger partial charge in [-0.2, -0.15) is 10.2 Å². The molecule has 0 unspecified atom stereocenters. The molecule has 0 aliphatic carbocycles. The maximum absolute atomic E-state index is 8.92. The number of rotatable bonds is 4. The molecule has 27 heavy (non-hydrogen) atoms. The maximum atomic E-state index is 8.92. The molecule has 5 heteroatoms. The van der Waals surface area contributed by atoms with E-state index in [-0.39, 0.29) is 0 Å². The van der Waals surface area contributed by atoms with Crippen LogP contribution in [0.25, 0.3) is 10.9 Å². The topological polar surface area (TPSA) is 70.8 Å². The smallest absolute Gasteiger partial charge is 0.231 e. The molecule has 0 spiro atoms. The van der Waals surface area contributed by atoms with Crippen molar-refractivity contribution in [2.75, 3.05) is 5.32 Å². The van der Waals surface area contributed by atoms with Crippen molar-refractivity contribution in [1.82, 2.24) is 9.97 Å². The van der Waals surface area contributed by atoms with Gasteiger partial charge in [-0.25, -0.2) is 4.98 Å². The first-order valence-electron chi connectivity index (χ1n) is 8.50. The Morgan fingerprint density at radius 3 is 2.41 bits per heavy atom. The third-order valence-corrected chi connectivity index (χ3v) is 4.14. The Balaban J connectivity index is 1.73. The van der Waals surface area contributed by atoms with Gasteiger partial charge in [0.2, 0.25) is 11.8 Å². The minimum absolute atomic E-state index is 0.432. The maximum Gasteiger partial charge on any atom is 0.231 e. The molecule has 0 amide bonds. The SMILES string of the molecule is Cc1ccccc1Oc1nc(Nc2ccc(C#N)cc2)nc2ccccc12. The quantitative estimate of drug-likeness (QED) is 0.536. The Labute approximate surface area is 156 Å². The second-order valence-electron chi connectivity index (χ2n) is 6.05. The highest BCUT2D eigenvalue weighted by Crippen LogP contribution is 2.30. The first-order valence-corrected chi connectivity index (χ1v) is 8.50. The zero-order valence-electron chi connectivity index (χ0n) is 14.7. The van der Waals surface area contributed by atoms with Gasteiger partial charge in [0, 0.05) is 5.69 Å². The standard InChI is InChI=1S/C22H16N4O/c1-15-6-2-5-9-20(15)27-21-18-7-3-4-8-19(18)25-22(26-21)24-17-12-10-16(14-23)11-13-17/h2-13H,1H3,(H,24,25,26). The van der Waals surface area contributed by atoms with Crippen LogP contribution in [0.1, 0.15) is 11.1 Å². The van der Waals surface area contributed by atoms with E-state index >= 15 is 0 Å². The van der Waals surface area contributed by atoms with Crippen molar-refractivity contribution in [2.45, 2.75) is 6.92 Å². The van der Waals surface area contributed by atoms with E-state index in [2.05, 4.69) is 21.4 Å². The molecular weight excluding hydrogens is 336 g/mol.